The highest BCUT2D eigenvalue weighted by Crippen LogP contribution is 2.56. The second-order valence-corrected chi connectivity index (χ2v) is 12.4. The Morgan fingerprint density at radius 2 is 1.81 bits per heavy atom. The van der Waals surface area contributed by atoms with E-state index in [-0.39, 0.29) is 37.4 Å². The molecule has 10 heteroatoms. The number of ether oxygens (including phenoxy) is 2. The molecule has 5 bridgehead atoms. The predicted octanol–water partition coefficient (Wildman–Crippen LogP) is 2.43. The van der Waals surface area contributed by atoms with Crippen molar-refractivity contribution in [3.05, 3.63) is 60.2 Å². The number of hydrogen-bond acceptors (Lipinski definition) is 7. The van der Waals surface area contributed by atoms with E-state index in [0.717, 1.165) is 32.1 Å². The summed E-state index contributed by atoms with van der Waals surface area (Å²) in [7, 11) is 0. The van der Waals surface area contributed by atoms with Gasteiger partial charge >= 0.3 is 5.97 Å². The average molecular weight is 592 g/mol. The zero-order valence-electron chi connectivity index (χ0n) is 24.6. The highest BCUT2D eigenvalue weighted by atomic mass is 16.6. The van der Waals surface area contributed by atoms with Crippen molar-refractivity contribution in [2.75, 3.05) is 19.7 Å². The highest BCUT2D eigenvalue weighted by molar-refractivity contribution is 5.99. The number of rotatable bonds is 4. The SMILES string of the molecule is C[C@H](CO)N1C(=O)[C@H]2[C@@H]3C(=O)O[C@H](c4ccccc4)CNC(=O)CC/C=C\CN(C4CCCCC4)C(=O)[C@H]1[C@@]21C=C[C@@H]3O1. The Hall–Kier alpha value is -3.50. The molecule has 1 aromatic rings. The number of benzene rings is 1. The molecule has 0 unspecified atom stereocenters. The van der Waals surface area contributed by atoms with Crippen molar-refractivity contribution in [1.29, 1.82) is 0 Å². The number of nitrogens with zero attached hydrogens (tertiary/aromatic N) is 2. The van der Waals surface area contributed by atoms with Gasteiger partial charge in [-0.05, 0) is 31.7 Å². The maximum Gasteiger partial charge on any atom is 0.313 e. The van der Waals surface area contributed by atoms with Crippen LogP contribution in [-0.4, -0.2) is 88.1 Å². The number of carbonyl (C=O) groups is 4. The molecule has 43 heavy (non-hydrogen) atoms. The van der Waals surface area contributed by atoms with Gasteiger partial charge in [0, 0.05) is 19.0 Å². The normalized spacial score (nSPS) is 35.1. The molecule has 6 rings (SSSR count). The maximum absolute atomic E-state index is 14.7. The first-order valence-electron chi connectivity index (χ1n) is 15.6. The number of cyclic esters (lactones) is 1. The van der Waals surface area contributed by atoms with Crippen LogP contribution in [0.3, 0.4) is 0 Å². The van der Waals surface area contributed by atoms with E-state index in [1.165, 1.54) is 4.90 Å². The molecule has 1 aromatic carbocycles. The summed E-state index contributed by atoms with van der Waals surface area (Å²) in [6, 6.07) is 7.50. The minimum Gasteiger partial charge on any atom is -0.455 e. The molecule has 1 aliphatic carbocycles. The van der Waals surface area contributed by atoms with Gasteiger partial charge < -0.3 is 29.7 Å². The van der Waals surface area contributed by atoms with E-state index < -0.39 is 53.6 Å². The van der Waals surface area contributed by atoms with Crippen molar-refractivity contribution in [2.24, 2.45) is 11.8 Å². The largest absolute Gasteiger partial charge is 0.455 e. The van der Waals surface area contributed by atoms with Crippen LogP contribution in [0.25, 0.3) is 0 Å². The molecule has 10 nitrogen and oxygen atoms in total. The van der Waals surface area contributed by atoms with Crippen LogP contribution in [0.2, 0.25) is 0 Å². The monoisotopic (exact) mass is 591 g/mol. The Morgan fingerprint density at radius 1 is 1.05 bits per heavy atom. The Bertz CT molecular complexity index is 1290. The summed E-state index contributed by atoms with van der Waals surface area (Å²) in [5, 5.41) is 13.1. The summed E-state index contributed by atoms with van der Waals surface area (Å²) in [5.74, 6) is -3.35. The number of likely N-dealkylation sites (tertiary alicyclic amines) is 1. The van der Waals surface area contributed by atoms with Crippen molar-refractivity contribution >= 4 is 23.7 Å². The van der Waals surface area contributed by atoms with Crippen molar-refractivity contribution in [3.63, 3.8) is 0 Å². The van der Waals surface area contributed by atoms with Gasteiger partial charge in [0.1, 0.15) is 23.7 Å². The summed E-state index contributed by atoms with van der Waals surface area (Å²) >= 11 is 0. The van der Waals surface area contributed by atoms with Crippen molar-refractivity contribution in [2.45, 2.75) is 87.8 Å². The summed E-state index contributed by atoms with van der Waals surface area (Å²) in [6.45, 7) is 1.80. The Balaban J connectivity index is 1.41. The number of carbonyl (C=O) groups excluding carboxylic acids is 4. The van der Waals surface area contributed by atoms with Crippen LogP contribution in [0.15, 0.2) is 54.6 Å². The number of aliphatic hydroxyl groups excluding tert-OH is 1. The number of aliphatic hydroxyl groups is 1. The molecule has 2 saturated heterocycles. The summed E-state index contributed by atoms with van der Waals surface area (Å²) in [4.78, 5) is 58.9. The van der Waals surface area contributed by atoms with E-state index in [4.69, 9.17) is 9.47 Å². The van der Waals surface area contributed by atoms with E-state index in [9.17, 15) is 24.3 Å². The Labute approximate surface area is 252 Å². The molecule has 0 aromatic heterocycles. The minimum atomic E-state index is -1.34. The zero-order chi connectivity index (χ0) is 30.1. The number of amides is 3. The molecule has 0 radical (unpaired) electrons. The first-order valence-corrected chi connectivity index (χ1v) is 15.6. The fourth-order valence-electron chi connectivity index (χ4n) is 7.62. The van der Waals surface area contributed by atoms with Crippen molar-refractivity contribution < 1.29 is 33.8 Å². The van der Waals surface area contributed by atoms with Crippen LogP contribution >= 0.6 is 0 Å². The second kappa shape index (κ2) is 12.2. The van der Waals surface area contributed by atoms with Crippen LogP contribution in [0, 0.1) is 11.8 Å². The lowest BCUT2D eigenvalue weighted by Gasteiger charge is -2.41. The first kappa shape index (κ1) is 29.6. The van der Waals surface area contributed by atoms with Gasteiger partial charge in [-0.25, -0.2) is 0 Å². The molecule has 4 heterocycles. The second-order valence-electron chi connectivity index (χ2n) is 12.4. The van der Waals surface area contributed by atoms with Gasteiger partial charge in [-0.2, -0.15) is 0 Å². The van der Waals surface area contributed by atoms with Crippen molar-refractivity contribution in [1.82, 2.24) is 15.1 Å². The lowest BCUT2D eigenvalue weighted by molar-refractivity contribution is -0.160. The van der Waals surface area contributed by atoms with Gasteiger partial charge in [0.25, 0.3) is 0 Å². The molecule has 3 amide bonds. The van der Waals surface area contributed by atoms with Gasteiger partial charge in [-0.3, -0.25) is 19.2 Å². The number of nitrogens with one attached hydrogen (secondary N) is 1. The van der Waals surface area contributed by atoms with Gasteiger partial charge in [-0.1, -0.05) is 73.9 Å². The molecule has 4 aliphatic heterocycles. The molecule has 2 N–H and O–H groups in total. The lowest BCUT2D eigenvalue weighted by atomic mass is 9.74. The van der Waals surface area contributed by atoms with Gasteiger partial charge in [0.15, 0.2) is 0 Å². The fourth-order valence-corrected chi connectivity index (χ4v) is 7.62. The van der Waals surface area contributed by atoms with E-state index in [0.29, 0.717) is 18.5 Å². The Morgan fingerprint density at radius 3 is 2.56 bits per heavy atom. The molecule has 7 atom stereocenters. The average Bonchev–Trinajstić information content (AvgIpc) is 3.68. The lowest BCUT2D eigenvalue weighted by Crippen LogP contribution is -2.59. The van der Waals surface area contributed by atoms with Crippen LogP contribution in [0.1, 0.15) is 63.5 Å². The maximum atomic E-state index is 14.7. The molecule has 230 valence electrons. The molecular formula is C33H41N3O7. The Kier molecular flexibility index (Phi) is 8.42. The van der Waals surface area contributed by atoms with Gasteiger partial charge in [-0.15, -0.1) is 0 Å². The van der Waals surface area contributed by atoms with E-state index >= 15 is 0 Å². The fraction of sp³-hybridized carbons (Fsp3) is 0.576. The molecule has 1 saturated carbocycles. The smallest absolute Gasteiger partial charge is 0.313 e. The first-order chi connectivity index (χ1) is 20.9. The van der Waals surface area contributed by atoms with E-state index in [1.807, 2.05) is 47.4 Å². The summed E-state index contributed by atoms with van der Waals surface area (Å²) in [6.07, 6.45) is 11.5. The van der Waals surface area contributed by atoms with Crippen LogP contribution in [0.4, 0.5) is 0 Å². The third-order valence-corrected chi connectivity index (χ3v) is 9.78. The predicted molar refractivity (Wildman–Crippen MR) is 156 cm³/mol. The number of fused-ring (bicyclic) bond motifs is 2. The van der Waals surface area contributed by atoms with E-state index in [2.05, 4.69) is 5.32 Å². The number of esters is 1. The topological polar surface area (TPSA) is 125 Å². The number of hydrogen-bond donors (Lipinski definition) is 2. The molecular weight excluding hydrogens is 550 g/mol. The summed E-state index contributed by atoms with van der Waals surface area (Å²) < 4.78 is 12.6. The van der Waals surface area contributed by atoms with E-state index in [1.54, 1.807) is 19.1 Å². The zero-order valence-corrected chi connectivity index (χ0v) is 24.6. The van der Waals surface area contributed by atoms with Crippen LogP contribution in [0.5, 0.6) is 0 Å². The third-order valence-electron chi connectivity index (χ3n) is 9.78. The molecule has 3 fully saturated rings. The highest BCUT2D eigenvalue weighted by Gasteiger charge is 2.74. The number of allylic oxidation sites excluding steroid dienone is 1. The molecule has 5 aliphatic rings. The van der Waals surface area contributed by atoms with Gasteiger partial charge in [0.05, 0.1) is 31.2 Å². The van der Waals surface area contributed by atoms with Crippen LogP contribution < -0.4 is 5.32 Å². The van der Waals surface area contributed by atoms with Crippen LogP contribution in [-0.2, 0) is 28.7 Å². The van der Waals surface area contributed by atoms with Gasteiger partial charge in [0.2, 0.25) is 17.7 Å². The summed E-state index contributed by atoms with van der Waals surface area (Å²) in [5.41, 5.74) is -0.625. The minimum absolute atomic E-state index is 0.00286. The third kappa shape index (κ3) is 5.29. The molecule has 1 spiro atoms. The standard InChI is InChI=1S/C33H41N3O7/c1-21(20-37)36-29-31(40)35(23-13-7-3-8-14-23)18-10-4-9-15-26(38)34-19-25(22-11-5-2-6-12-22)42-32(41)27-24-16-17-33(29,43-24)28(27)30(36)39/h2,4-6,10-12,16-17,21,23-25,27-29,37H,3,7-9,13-15,18-20H2,1H3,(H,34,38)/b10-4-/t21-,24+,25+,27-,28-,29+,33-/m1/s1. The van der Waals surface area contributed by atoms with Crippen molar-refractivity contribution in [3.8, 4) is 0 Å². The quantitative estimate of drug-likeness (QED) is 0.407.